The van der Waals surface area contributed by atoms with Crippen LogP contribution in [0.4, 0.5) is 17.1 Å². The molecule has 0 aliphatic heterocycles. The molecule has 0 saturated carbocycles. The number of benzene rings is 6. The molecule has 5 heteroatoms. The molecule has 2 aliphatic carbocycles. The van der Waals surface area contributed by atoms with Gasteiger partial charge in [0.05, 0.1) is 12.3 Å². The number of hydrogen-bond acceptors (Lipinski definition) is 3. The van der Waals surface area contributed by atoms with E-state index in [0.717, 1.165) is 83.1 Å². The van der Waals surface area contributed by atoms with Gasteiger partial charge in [0.15, 0.2) is 0 Å². The molecule has 65 heavy (non-hydrogen) atoms. The van der Waals surface area contributed by atoms with E-state index >= 15 is 0 Å². The quantitative estimate of drug-likeness (QED) is 0.0690. The van der Waals surface area contributed by atoms with Crippen molar-refractivity contribution in [1.82, 2.24) is 0 Å². The fourth-order valence-corrected chi connectivity index (χ4v) is 12.4. The molecule has 1 N–H and O–H groups in total. The number of carboxylic acid groups (broad SMARTS) is 1. The molecule has 0 radical (unpaired) electrons. The second-order valence-electron chi connectivity index (χ2n) is 18.3. The molecule has 2 aliphatic rings. The zero-order chi connectivity index (χ0) is 45.1. The number of rotatable bonds is 18. The van der Waals surface area contributed by atoms with E-state index in [1.807, 2.05) is 12.1 Å². The molecule has 4 nitrogen and oxygen atoms in total. The fourth-order valence-electron chi connectivity index (χ4n) is 11.4. The van der Waals surface area contributed by atoms with Crippen molar-refractivity contribution >= 4 is 51.2 Å². The fraction of sp³-hybridized carbons (Fsp3) is 0.300. The van der Waals surface area contributed by atoms with E-state index in [9.17, 15) is 9.90 Å². The minimum Gasteiger partial charge on any atom is -0.486 e. The van der Waals surface area contributed by atoms with Gasteiger partial charge < -0.3 is 10.0 Å². The van der Waals surface area contributed by atoms with Crippen LogP contribution in [-0.2, 0) is 15.6 Å². The summed E-state index contributed by atoms with van der Waals surface area (Å²) in [5, 5.41) is 11.9. The van der Waals surface area contributed by atoms with Crippen LogP contribution >= 0.6 is 11.3 Å². The lowest BCUT2D eigenvalue weighted by atomic mass is 9.70. The summed E-state index contributed by atoms with van der Waals surface area (Å²) < 4.78 is 0. The van der Waals surface area contributed by atoms with Gasteiger partial charge in [-0.25, -0.2) is 4.85 Å². The summed E-state index contributed by atoms with van der Waals surface area (Å²) in [7, 11) is 0. The highest BCUT2D eigenvalue weighted by Gasteiger charge is 2.44. The Morgan fingerprint density at radius 3 is 1.52 bits per heavy atom. The lowest BCUT2D eigenvalue weighted by Crippen LogP contribution is -2.26. The van der Waals surface area contributed by atoms with Crippen LogP contribution in [0, 0.1) is 6.57 Å². The van der Waals surface area contributed by atoms with Gasteiger partial charge >= 0.3 is 5.97 Å². The van der Waals surface area contributed by atoms with Crippen LogP contribution < -0.4 is 4.90 Å². The van der Waals surface area contributed by atoms with Crippen molar-refractivity contribution in [3.63, 3.8) is 0 Å². The number of aliphatic carboxylic acids is 1. The maximum Gasteiger partial charge on any atom is 0.333 e. The predicted octanol–water partition coefficient (Wildman–Crippen LogP) is 17.7. The van der Waals surface area contributed by atoms with Crippen LogP contribution in [0.25, 0.3) is 54.4 Å². The number of hydrogen-bond donors (Lipinski definition) is 1. The number of nitrogens with zero attached hydrogens (tertiary/aromatic N) is 2. The third-order valence-electron chi connectivity index (χ3n) is 14.5. The van der Waals surface area contributed by atoms with E-state index < -0.39 is 5.97 Å². The van der Waals surface area contributed by atoms with E-state index in [1.165, 1.54) is 99.0 Å². The average Bonchev–Trinajstić information content (AvgIpc) is 4.00. The monoisotopic (exact) mass is 872 g/mol. The van der Waals surface area contributed by atoms with Gasteiger partial charge in [-0.2, -0.15) is 0 Å². The minimum atomic E-state index is -1.21. The highest BCUT2D eigenvalue weighted by Crippen LogP contribution is 2.58. The van der Waals surface area contributed by atoms with Crippen LogP contribution in [0.3, 0.4) is 0 Å². The summed E-state index contributed by atoms with van der Waals surface area (Å²) in [4.78, 5) is 19.3. The largest absolute Gasteiger partial charge is 0.486 e. The second-order valence-corrected chi connectivity index (χ2v) is 19.4. The van der Waals surface area contributed by atoms with Gasteiger partial charge in [-0.3, -0.25) is 4.79 Å². The zero-order valence-electron chi connectivity index (χ0n) is 38.4. The van der Waals surface area contributed by atoms with Crippen molar-refractivity contribution in [3.8, 4) is 32.7 Å². The summed E-state index contributed by atoms with van der Waals surface area (Å²) in [5.41, 5.74) is 15.5. The molecule has 0 bridgehead atoms. The SMILES string of the molecule is [C-]#[N+]C(=Cc1ccc(-c2ccc(N(c3ccc4c(c3)C(CCCC)(CCCC)c3ccccc3-4)c3ccc4c(c3)C(CCCC)(CCCC)c3ccccc3-4)c3ccccc23)s1)C(=O)O. The van der Waals surface area contributed by atoms with Gasteiger partial charge in [0, 0.05) is 37.3 Å². The van der Waals surface area contributed by atoms with Crippen LogP contribution in [0.2, 0.25) is 0 Å². The molecule has 0 atom stereocenters. The first kappa shape index (κ1) is 44.0. The third-order valence-corrected chi connectivity index (χ3v) is 15.6. The van der Waals surface area contributed by atoms with E-state index in [4.69, 9.17) is 6.57 Å². The Labute approximate surface area is 390 Å². The van der Waals surface area contributed by atoms with Crippen LogP contribution in [0.1, 0.15) is 132 Å². The predicted molar refractivity (Wildman–Crippen MR) is 275 cm³/mol. The summed E-state index contributed by atoms with van der Waals surface area (Å²) in [6.45, 7) is 16.7. The topological polar surface area (TPSA) is 44.9 Å². The summed E-state index contributed by atoms with van der Waals surface area (Å²) in [6, 6.07) is 50.3. The molecule has 1 aromatic heterocycles. The Morgan fingerprint density at radius 2 is 1.03 bits per heavy atom. The molecule has 0 fully saturated rings. The Kier molecular flexibility index (Phi) is 12.7. The first-order valence-electron chi connectivity index (χ1n) is 24.1. The molecule has 0 amide bonds. The molecular weight excluding hydrogens is 813 g/mol. The molecule has 328 valence electrons. The maximum atomic E-state index is 11.7. The Hall–Kier alpha value is -6.22. The van der Waals surface area contributed by atoms with Crippen molar-refractivity contribution < 1.29 is 9.90 Å². The number of unbranched alkanes of at least 4 members (excludes halogenated alkanes) is 4. The van der Waals surface area contributed by atoms with Gasteiger partial charge in [-0.05, 0) is 130 Å². The van der Waals surface area contributed by atoms with Crippen molar-refractivity contribution in [2.24, 2.45) is 0 Å². The van der Waals surface area contributed by atoms with Crippen molar-refractivity contribution in [2.75, 3.05) is 4.90 Å². The number of fused-ring (bicyclic) bond motifs is 7. The minimum absolute atomic E-state index is 0.0559. The molecule has 0 unspecified atom stereocenters. The summed E-state index contributed by atoms with van der Waals surface area (Å²) >= 11 is 1.51. The van der Waals surface area contributed by atoms with Crippen molar-refractivity contribution in [1.29, 1.82) is 0 Å². The van der Waals surface area contributed by atoms with E-state index in [1.54, 1.807) is 0 Å². The third kappa shape index (κ3) is 7.70. The summed E-state index contributed by atoms with van der Waals surface area (Å²) in [6.07, 6.45) is 15.3. The highest BCUT2D eigenvalue weighted by molar-refractivity contribution is 7.16. The van der Waals surface area contributed by atoms with Gasteiger partial charge in [0.1, 0.15) is 0 Å². The standard InChI is InChI=1S/C60H60N2O2S/c1-6-10-34-59(35-11-7-2)51-24-18-16-21-45(51)47-29-26-41(38-53(47)59)62(42-27-30-48-46-22-17-19-25-52(46)60(36-12-8-3,37-13-9-4)54(48)39-42)56-32-31-50(44-20-14-15-23-49(44)56)57-33-28-43(65-57)40-55(61-5)58(63)64/h14-33,38-40H,6-13,34-37H2,1-4H3,(H,63,64). The van der Waals surface area contributed by atoms with E-state index in [2.05, 4.69) is 159 Å². The summed E-state index contributed by atoms with van der Waals surface area (Å²) in [5.74, 6) is -1.21. The van der Waals surface area contributed by atoms with Crippen molar-refractivity contribution in [3.05, 3.63) is 178 Å². The Bertz CT molecular complexity index is 2830. The lowest BCUT2D eigenvalue weighted by Gasteiger charge is -2.35. The normalized spacial score (nSPS) is 14.1. The number of thiophene rings is 1. The Morgan fingerprint density at radius 1 is 0.569 bits per heavy atom. The molecular formula is C60H60N2O2S. The molecule has 1 heterocycles. The van der Waals surface area contributed by atoms with Gasteiger partial charge in [-0.15, -0.1) is 11.3 Å². The maximum absolute atomic E-state index is 11.7. The number of carboxylic acids is 1. The molecule has 0 spiro atoms. The lowest BCUT2D eigenvalue weighted by molar-refractivity contribution is -0.132. The van der Waals surface area contributed by atoms with E-state index in [-0.39, 0.29) is 16.5 Å². The smallest absolute Gasteiger partial charge is 0.333 e. The molecule has 9 rings (SSSR count). The molecule has 0 saturated heterocycles. The van der Waals surface area contributed by atoms with Gasteiger partial charge in [-0.1, -0.05) is 170 Å². The second kappa shape index (κ2) is 18.7. The number of carbonyl (C=O) groups is 1. The number of anilines is 3. The Balaban J connectivity index is 1.29. The van der Waals surface area contributed by atoms with Gasteiger partial charge in [0.25, 0.3) is 5.70 Å². The average molecular weight is 873 g/mol. The zero-order valence-corrected chi connectivity index (χ0v) is 39.2. The van der Waals surface area contributed by atoms with Crippen molar-refractivity contribution in [2.45, 2.75) is 116 Å². The highest BCUT2D eigenvalue weighted by atomic mass is 32.1. The van der Waals surface area contributed by atoms with E-state index in [0.29, 0.717) is 0 Å². The first-order valence-corrected chi connectivity index (χ1v) is 24.9. The van der Waals surface area contributed by atoms with Crippen LogP contribution in [0.15, 0.2) is 139 Å². The molecule has 7 aromatic rings. The first-order chi connectivity index (χ1) is 31.8. The van der Waals surface area contributed by atoms with Crippen LogP contribution in [0.5, 0.6) is 0 Å². The van der Waals surface area contributed by atoms with Gasteiger partial charge in [0.2, 0.25) is 0 Å². The molecule has 6 aromatic carbocycles. The van der Waals surface area contributed by atoms with Crippen LogP contribution in [-0.4, -0.2) is 11.1 Å².